The second kappa shape index (κ2) is 8.69. The monoisotopic (exact) mass is 541 g/mol. The number of fused-ring (bicyclic) bond motifs is 2. The summed E-state index contributed by atoms with van der Waals surface area (Å²) in [5.41, 5.74) is 4.16. The lowest BCUT2D eigenvalue weighted by molar-refractivity contribution is -0.110. The molecule has 0 spiro atoms. The Kier molecular flexibility index (Phi) is 5.70. The van der Waals surface area contributed by atoms with Crippen molar-refractivity contribution in [3.8, 4) is 34.3 Å². The second-order valence-electron chi connectivity index (χ2n) is 7.33. The van der Waals surface area contributed by atoms with Crippen LogP contribution in [0, 0.1) is 0 Å². The molecule has 0 unspecified atom stereocenters. The molecule has 0 fully saturated rings. The number of rotatable bonds is 6. The number of methoxy groups -OCH3 is 4. The van der Waals surface area contributed by atoms with E-state index in [1.54, 1.807) is 28.4 Å². The molecule has 3 heterocycles. The van der Waals surface area contributed by atoms with Gasteiger partial charge >= 0.3 is 0 Å². The van der Waals surface area contributed by atoms with Crippen molar-refractivity contribution in [1.29, 1.82) is 0 Å². The number of ether oxygens (including phenoxy) is 4. The minimum Gasteiger partial charge on any atom is -0.497 e. The molecule has 8 nitrogen and oxygen atoms in total. The van der Waals surface area contributed by atoms with E-state index in [-0.39, 0.29) is 5.91 Å². The van der Waals surface area contributed by atoms with Crippen LogP contribution in [0.5, 0.6) is 23.0 Å². The van der Waals surface area contributed by atoms with Gasteiger partial charge in [0.2, 0.25) is 5.75 Å². The largest absolute Gasteiger partial charge is 0.497 e. The van der Waals surface area contributed by atoms with Crippen LogP contribution in [0.4, 0.5) is 5.69 Å². The van der Waals surface area contributed by atoms with Gasteiger partial charge in [-0.2, -0.15) is 0 Å². The molecule has 0 saturated heterocycles. The normalized spacial score (nSPS) is 13.8. The molecular weight excluding hydrogens is 522 g/mol. The van der Waals surface area contributed by atoms with Crippen LogP contribution in [0.2, 0.25) is 0 Å². The van der Waals surface area contributed by atoms with E-state index in [1.807, 2.05) is 46.3 Å². The SMILES string of the molecule is COc1ccc2c(c1)/C(=C/c1c(-c3cc(OC)c(OC)c(OC)c3Br)nc3sccn13)C(=O)N2. The smallest absolute Gasteiger partial charge is 0.256 e. The van der Waals surface area contributed by atoms with Crippen molar-refractivity contribution in [1.82, 2.24) is 9.38 Å². The van der Waals surface area contributed by atoms with Crippen LogP contribution in [0.15, 0.2) is 40.3 Å². The number of imidazole rings is 1. The van der Waals surface area contributed by atoms with E-state index in [2.05, 4.69) is 21.2 Å². The molecule has 4 aromatic rings. The van der Waals surface area contributed by atoms with Crippen molar-refractivity contribution in [2.24, 2.45) is 0 Å². The Morgan fingerprint density at radius 3 is 2.53 bits per heavy atom. The average molecular weight is 542 g/mol. The number of carbonyl (C=O) groups excluding carboxylic acids is 1. The maximum absolute atomic E-state index is 12.9. The van der Waals surface area contributed by atoms with Crippen LogP contribution in [0.25, 0.3) is 27.9 Å². The van der Waals surface area contributed by atoms with E-state index in [4.69, 9.17) is 23.9 Å². The number of hydrogen-bond acceptors (Lipinski definition) is 7. The van der Waals surface area contributed by atoms with E-state index in [9.17, 15) is 4.79 Å². The predicted octanol–water partition coefficient (Wildman–Crippen LogP) is 5.35. The van der Waals surface area contributed by atoms with Crippen LogP contribution < -0.4 is 24.3 Å². The third-order valence-electron chi connectivity index (χ3n) is 5.61. The van der Waals surface area contributed by atoms with Crippen LogP contribution >= 0.6 is 27.3 Å². The van der Waals surface area contributed by atoms with E-state index >= 15 is 0 Å². The van der Waals surface area contributed by atoms with E-state index in [0.29, 0.717) is 38.7 Å². The Hall–Kier alpha value is -3.50. The summed E-state index contributed by atoms with van der Waals surface area (Å²) in [6, 6.07) is 7.34. The highest BCUT2D eigenvalue weighted by Gasteiger charge is 2.28. The number of hydrogen-bond donors (Lipinski definition) is 1. The Bertz CT molecular complexity index is 1470. The van der Waals surface area contributed by atoms with Crippen molar-refractivity contribution in [3.63, 3.8) is 0 Å². The molecule has 0 saturated carbocycles. The lowest BCUT2D eigenvalue weighted by Crippen LogP contribution is -2.04. The van der Waals surface area contributed by atoms with Gasteiger partial charge in [0.1, 0.15) is 5.75 Å². The first-order valence-corrected chi connectivity index (χ1v) is 11.8. The highest BCUT2D eigenvalue weighted by Crippen LogP contribution is 2.49. The quantitative estimate of drug-likeness (QED) is 0.331. The first kappa shape index (κ1) is 22.3. The number of benzene rings is 2. The molecule has 1 amide bonds. The Morgan fingerprint density at radius 2 is 1.82 bits per heavy atom. The average Bonchev–Trinajstić information content (AvgIpc) is 3.52. The molecule has 34 heavy (non-hydrogen) atoms. The summed E-state index contributed by atoms with van der Waals surface area (Å²) in [4.78, 5) is 18.6. The van der Waals surface area contributed by atoms with E-state index in [1.165, 1.54) is 11.3 Å². The second-order valence-corrected chi connectivity index (χ2v) is 9.00. The number of nitrogens with one attached hydrogen (secondary N) is 1. The number of aromatic nitrogens is 2. The lowest BCUT2D eigenvalue weighted by atomic mass is 10.0. The van der Waals surface area contributed by atoms with Crippen LogP contribution in [-0.4, -0.2) is 43.7 Å². The minimum absolute atomic E-state index is 0.191. The summed E-state index contributed by atoms with van der Waals surface area (Å²) in [5, 5.41) is 4.87. The molecule has 2 aromatic carbocycles. The topological polar surface area (TPSA) is 83.3 Å². The van der Waals surface area contributed by atoms with E-state index in [0.717, 1.165) is 27.5 Å². The number of anilines is 1. The zero-order chi connectivity index (χ0) is 24.0. The molecule has 0 atom stereocenters. The highest BCUT2D eigenvalue weighted by molar-refractivity contribution is 9.10. The predicted molar refractivity (Wildman–Crippen MR) is 135 cm³/mol. The van der Waals surface area contributed by atoms with Gasteiger partial charge in [-0.15, -0.1) is 11.3 Å². The van der Waals surface area contributed by atoms with Crippen LogP contribution in [0.1, 0.15) is 11.3 Å². The fourth-order valence-electron chi connectivity index (χ4n) is 4.01. The Labute approximate surface area is 207 Å². The molecule has 0 aliphatic carbocycles. The first-order chi connectivity index (χ1) is 16.5. The Morgan fingerprint density at radius 1 is 1.03 bits per heavy atom. The first-order valence-electron chi connectivity index (χ1n) is 10.2. The van der Waals surface area contributed by atoms with Gasteiger partial charge in [0.05, 0.1) is 49.9 Å². The summed E-state index contributed by atoms with van der Waals surface area (Å²) >= 11 is 5.16. The van der Waals surface area contributed by atoms with Crippen molar-refractivity contribution in [2.45, 2.75) is 0 Å². The number of carbonyl (C=O) groups is 1. The van der Waals surface area contributed by atoms with Gasteiger partial charge < -0.3 is 24.3 Å². The molecule has 2 aromatic heterocycles. The highest BCUT2D eigenvalue weighted by atomic mass is 79.9. The number of halogens is 1. The summed E-state index contributed by atoms with van der Waals surface area (Å²) in [6.07, 6.45) is 3.77. The van der Waals surface area contributed by atoms with Gasteiger partial charge in [-0.1, -0.05) is 0 Å². The maximum atomic E-state index is 12.9. The van der Waals surface area contributed by atoms with Gasteiger partial charge in [0, 0.05) is 28.4 Å². The molecule has 174 valence electrons. The van der Waals surface area contributed by atoms with Crippen LogP contribution in [-0.2, 0) is 4.79 Å². The Balaban J connectivity index is 1.77. The van der Waals surface area contributed by atoms with Gasteiger partial charge in [0.15, 0.2) is 16.5 Å². The van der Waals surface area contributed by atoms with E-state index < -0.39 is 0 Å². The number of nitrogens with zero attached hydrogens (tertiary/aromatic N) is 2. The van der Waals surface area contributed by atoms with Gasteiger partial charge in [-0.05, 0) is 46.3 Å². The minimum atomic E-state index is -0.191. The molecule has 1 aliphatic rings. The summed E-state index contributed by atoms with van der Waals surface area (Å²) < 4.78 is 24.7. The van der Waals surface area contributed by atoms with Crippen LogP contribution in [0.3, 0.4) is 0 Å². The standard InChI is InChI=1S/C24H20BrN3O5S/c1-30-12-5-6-16-13(9-12)14(23(29)26-16)10-17-20(27-24-28(17)7-8-34-24)15-11-18(31-2)21(32-3)22(33-4)19(15)25/h5-11H,1-4H3,(H,26,29)/b14-10-. The molecule has 1 N–H and O–H groups in total. The molecule has 0 bridgehead atoms. The lowest BCUT2D eigenvalue weighted by Gasteiger charge is -2.16. The maximum Gasteiger partial charge on any atom is 0.256 e. The number of thiazole rings is 1. The molecule has 0 radical (unpaired) electrons. The summed E-state index contributed by atoms with van der Waals surface area (Å²) in [7, 11) is 6.28. The fraction of sp³-hybridized carbons (Fsp3) is 0.167. The molecule has 10 heteroatoms. The van der Waals surface area contributed by atoms with Gasteiger partial charge in [-0.25, -0.2) is 4.98 Å². The third-order valence-corrected chi connectivity index (χ3v) is 7.16. The molecule has 5 rings (SSSR count). The molecular formula is C24H20BrN3O5S. The zero-order valence-electron chi connectivity index (χ0n) is 18.8. The number of amides is 1. The summed E-state index contributed by atoms with van der Waals surface area (Å²) in [5.74, 6) is 1.94. The van der Waals surface area contributed by atoms with Crippen molar-refractivity contribution < 1.29 is 23.7 Å². The van der Waals surface area contributed by atoms with Crippen molar-refractivity contribution >= 4 is 55.5 Å². The van der Waals surface area contributed by atoms with Gasteiger partial charge in [0.25, 0.3) is 5.91 Å². The fourth-order valence-corrected chi connectivity index (χ4v) is 5.37. The third kappa shape index (κ3) is 3.41. The van der Waals surface area contributed by atoms with Crippen molar-refractivity contribution in [3.05, 3.63) is 51.6 Å². The van der Waals surface area contributed by atoms with Gasteiger partial charge in [-0.3, -0.25) is 9.20 Å². The zero-order valence-corrected chi connectivity index (χ0v) is 21.2. The summed E-state index contributed by atoms with van der Waals surface area (Å²) in [6.45, 7) is 0. The van der Waals surface area contributed by atoms with Crippen molar-refractivity contribution in [2.75, 3.05) is 33.8 Å². The molecule has 1 aliphatic heterocycles.